The van der Waals surface area contributed by atoms with E-state index in [2.05, 4.69) is 66.5 Å². The molecule has 19 heavy (non-hydrogen) atoms. The molecule has 0 aromatic rings. The van der Waals surface area contributed by atoms with Gasteiger partial charge in [0.2, 0.25) is 0 Å². The highest BCUT2D eigenvalue weighted by molar-refractivity contribution is 5.28. The first kappa shape index (κ1) is 23.2. The third-order valence-electron chi connectivity index (χ3n) is 2.18. The molecule has 0 aliphatic rings. The Labute approximate surface area is 123 Å². The second-order valence-electron chi connectivity index (χ2n) is 4.86. The Morgan fingerprint density at radius 2 is 1.47 bits per heavy atom. The maximum absolute atomic E-state index is 5.21. The van der Waals surface area contributed by atoms with E-state index in [1.165, 1.54) is 31.3 Å². The van der Waals surface area contributed by atoms with Gasteiger partial charge in [0.25, 0.3) is 0 Å². The molecule has 0 atom stereocenters. The Morgan fingerprint density at radius 1 is 1.00 bits per heavy atom. The summed E-state index contributed by atoms with van der Waals surface area (Å²) in [6.07, 6.45) is 17.6. The van der Waals surface area contributed by atoms with Crippen molar-refractivity contribution in [3.8, 4) is 12.3 Å². The summed E-state index contributed by atoms with van der Waals surface area (Å²) in [5, 5.41) is 0. The van der Waals surface area contributed by atoms with Gasteiger partial charge in [-0.05, 0) is 24.0 Å². The van der Waals surface area contributed by atoms with E-state index in [0.29, 0.717) is 5.92 Å². The Hall–Kier alpha value is -0.960. The minimum absolute atomic E-state index is 0.522. The van der Waals surface area contributed by atoms with E-state index in [1.54, 1.807) is 0 Å². The van der Waals surface area contributed by atoms with Crippen LogP contribution < -0.4 is 0 Å². The van der Waals surface area contributed by atoms with E-state index in [4.69, 9.17) is 6.42 Å². The van der Waals surface area contributed by atoms with Gasteiger partial charge in [-0.1, -0.05) is 92.2 Å². The molecule has 0 aliphatic carbocycles. The third-order valence-corrected chi connectivity index (χ3v) is 2.18. The summed E-state index contributed by atoms with van der Waals surface area (Å²) in [4.78, 5) is 0. The smallest absolute Gasteiger partial charge is 0.00870 e. The number of terminal acetylenes is 1. The van der Waals surface area contributed by atoms with E-state index in [0.717, 1.165) is 6.42 Å². The number of hydrogen-bond acceptors (Lipinski definition) is 0. The lowest BCUT2D eigenvalue weighted by Gasteiger charge is -2.03. The van der Waals surface area contributed by atoms with Gasteiger partial charge in [0, 0.05) is 0 Å². The summed E-state index contributed by atoms with van der Waals surface area (Å²) >= 11 is 0. The van der Waals surface area contributed by atoms with Crippen LogP contribution in [0.2, 0.25) is 0 Å². The Balaban J connectivity index is -0.000000303. The van der Waals surface area contributed by atoms with Gasteiger partial charge in [-0.3, -0.25) is 0 Å². The first-order chi connectivity index (χ1) is 9.05. The number of hydrogen-bond donors (Lipinski definition) is 0. The monoisotopic (exact) mass is 264 g/mol. The minimum Gasteiger partial charge on any atom is -0.115 e. The van der Waals surface area contributed by atoms with Gasteiger partial charge in [0.1, 0.15) is 0 Å². The van der Waals surface area contributed by atoms with Crippen molar-refractivity contribution >= 4 is 0 Å². The maximum atomic E-state index is 5.21. The predicted octanol–water partition coefficient (Wildman–Crippen LogP) is 6.78. The van der Waals surface area contributed by atoms with E-state index in [1.807, 2.05) is 6.08 Å². The van der Waals surface area contributed by atoms with Gasteiger partial charge in [0.15, 0.2) is 0 Å². The molecule has 0 spiro atoms. The summed E-state index contributed by atoms with van der Waals surface area (Å²) in [7, 11) is 0. The Kier molecular flexibility index (Phi) is 27.1. The van der Waals surface area contributed by atoms with Crippen LogP contribution in [0.3, 0.4) is 0 Å². The first-order valence-corrected chi connectivity index (χ1v) is 7.88. The molecule has 0 saturated heterocycles. The zero-order valence-corrected chi connectivity index (χ0v) is 14.4. The van der Waals surface area contributed by atoms with Crippen LogP contribution in [0.4, 0.5) is 0 Å². The fourth-order valence-electron chi connectivity index (χ4n) is 0.890. The van der Waals surface area contributed by atoms with Crippen molar-refractivity contribution in [1.29, 1.82) is 0 Å². The number of rotatable bonds is 5. The topological polar surface area (TPSA) is 0 Å². The van der Waals surface area contributed by atoms with Crippen LogP contribution in [0.5, 0.6) is 0 Å². The van der Waals surface area contributed by atoms with Gasteiger partial charge >= 0.3 is 0 Å². The molecule has 0 amide bonds. The average Bonchev–Trinajstić information content (AvgIpc) is 2.39. The van der Waals surface area contributed by atoms with E-state index >= 15 is 0 Å². The molecule has 0 radical (unpaired) electrons. The van der Waals surface area contributed by atoms with Gasteiger partial charge in [0.05, 0.1) is 0 Å². The van der Waals surface area contributed by atoms with Crippen molar-refractivity contribution < 1.29 is 0 Å². The minimum atomic E-state index is 0.522. The molecule has 0 unspecified atom stereocenters. The van der Waals surface area contributed by atoms with E-state index < -0.39 is 0 Å². The van der Waals surface area contributed by atoms with Gasteiger partial charge < -0.3 is 0 Å². The van der Waals surface area contributed by atoms with Crippen LogP contribution in [0, 0.1) is 18.3 Å². The molecule has 0 saturated carbocycles. The summed E-state index contributed by atoms with van der Waals surface area (Å²) in [6.45, 7) is 15.1. The van der Waals surface area contributed by atoms with Crippen molar-refractivity contribution in [3.63, 3.8) is 0 Å². The normalized spacial score (nSPS) is 10.4. The van der Waals surface area contributed by atoms with Crippen LogP contribution >= 0.6 is 0 Å². The lowest BCUT2D eigenvalue weighted by Crippen LogP contribution is -1.89. The SMILES string of the molecule is C#C/C=C(\C=C/CCC)C(C)C.CCC.CCCC. The van der Waals surface area contributed by atoms with Gasteiger partial charge in [-0.25, -0.2) is 0 Å². The van der Waals surface area contributed by atoms with Crippen LogP contribution in [-0.2, 0) is 0 Å². The van der Waals surface area contributed by atoms with Crippen LogP contribution in [-0.4, -0.2) is 0 Å². The average molecular weight is 264 g/mol. The van der Waals surface area contributed by atoms with E-state index in [-0.39, 0.29) is 0 Å². The standard InChI is InChI=1S/C12H18.C4H10.C3H8/c1-5-7-8-10-12(9-6-2)11(3)4;1-3-4-2;1-3-2/h2,8-11H,5,7H2,1,3-4H3;3-4H2,1-2H3;3H2,1-2H3/b10-8-,12-9+;;. The Bertz CT molecular complexity index is 233. The van der Waals surface area contributed by atoms with Crippen molar-refractivity contribution in [1.82, 2.24) is 0 Å². The molecule has 0 heterocycles. The molecular weight excluding hydrogens is 228 g/mol. The molecule has 0 heteroatoms. The summed E-state index contributed by atoms with van der Waals surface area (Å²) in [6, 6.07) is 0. The lowest BCUT2D eigenvalue weighted by molar-refractivity contribution is 0.790. The molecule has 0 aliphatic heterocycles. The predicted molar refractivity (Wildman–Crippen MR) is 92.3 cm³/mol. The molecule has 0 aromatic carbocycles. The molecule has 0 bridgehead atoms. The third kappa shape index (κ3) is 26.6. The fraction of sp³-hybridized carbons (Fsp3) is 0.684. The molecule has 0 fully saturated rings. The quantitative estimate of drug-likeness (QED) is 0.379. The van der Waals surface area contributed by atoms with E-state index in [9.17, 15) is 0 Å². The largest absolute Gasteiger partial charge is 0.115 e. The second-order valence-corrected chi connectivity index (χ2v) is 4.86. The summed E-state index contributed by atoms with van der Waals surface area (Å²) < 4.78 is 0. The van der Waals surface area contributed by atoms with Crippen molar-refractivity contribution in [2.45, 2.75) is 80.6 Å². The Morgan fingerprint density at radius 3 is 1.74 bits per heavy atom. The highest BCUT2D eigenvalue weighted by Gasteiger charge is 1.96. The highest BCUT2D eigenvalue weighted by atomic mass is 14.0. The van der Waals surface area contributed by atoms with Crippen molar-refractivity contribution in [2.75, 3.05) is 0 Å². The fourth-order valence-corrected chi connectivity index (χ4v) is 0.890. The number of allylic oxidation sites excluding steroid dienone is 4. The molecule has 0 N–H and O–H groups in total. The van der Waals surface area contributed by atoms with Gasteiger partial charge in [-0.15, -0.1) is 6.42 Å². The molecule has 0 rings (SSSR count). The molecule has 112 valence electrons. The summed E-state index contributed by atoms with van der Waals surface area (Å²) in [5.41, 5.74) is 1.24. The zero-order chi connectivity index (χ0) is 15.5. The van der Waals surface area contributed by atoms with Crippen molar-refractivity contribution in [2.24, 2.45) is 5.92 Å². The van der Waals surface area contributed by atoms with Crippen LogP contribution in [0.1, 0.15) is 80.6 Å². The maximum Gasteiger partial charge on any atom is -0.00870 e. The molecule has 0 aromatic heterocycles. The van der Waals surface area contributed by atoms with Crippen molar-refractivity contribution in [3.05, 3.63) is 23.8 Å². The second kappa shape index (κ2) is 22.2. The molecule has 0 nitrogen and oxygen atoms in total. The zero-order valence-electron chi connectivity index (χ0n) is 14.4. The molecular formula is C19H36. The van der Waals surface area contributed by atoms with Crippen LogP contribution in [0.25, 0.3) is 0 Å². The summed E-state index contributed by atoms with van der Waals surface area (Å²) in [5.74, 6) is 3.09. The first-order valence-electron chi connectivity index (χ1n) is 7.88. The van der Waals surface area contributed by atoms with Gasteiger partial charge in [-0.2, -0.15) is 0 Å². The lowest BCUT2D eigenvalue weighted by atomic mass is 10.0. The number of unbranched alkanes of at least 4 members (excludes halogenated alkanes) is 2. The van der Waals surface area contributed by atoms with Crippen LogP contribution in [0.15, 0.2) is 23.8 Å². The highest BCUT2D eigenvalue weighted by Crippen LogP contribution is 2.10.